The molecule has 0 spiro atoms. The summed E-state index contributed by atoms with van der Waals surface area (Å²) in [5.41, 5.74) is 2.06. The van der Waals surface area contributed by atoms with Gasteiger partial charge in [0, 0.05) is 6.54 Å². The molecule has 0 amide bonds. The molecule has 0 unspecified atom stereocenters. The van der Waals surface area contributed by atoms with Gasteiger partial charge < -0.3 is 4.57 Å². The molecule has 2 aromatic heterocycles. The van der Waals surface area contributed by atoms with E-state index in [9.17, 15) is 8.42 Å². The standard InChI is InChI=1S/C15H13ClN2O2S3/c1-3-8-18-11-5-4-10(2)9-12(11)21-15(18)17-23(19,20)14-7-6-13(16)22-14/h3-7,9H,1,8H2,2H3/b17-15-. The predicted octanol–water partition coefficient (Wildman–Crippen LogP) is 4.20. The van der Waals surface area contributed by atoms with E-state index in [4.69, 9.17) is 11.6 Å². The molecule has 8 heteroatoms. The lowest BCUT2D eigenvalue weighted by Crippen LogP contribution is -2.16. The molecule has 0 saturated carbocycles. The van der Waals surface area contributed by atoms with Crippen LogP contribution in [0.4, 0.5) is 0 Å². The minimum Gasteiger partial charge on any atom is -0.312 e. The van der Waals surface area contributed by atoms with Crippen LogP contribution in [0.15, 0.2) is 51.6 Å². The van der Waals surface area contributed by atoms with Crippen molar-refractivity contribution in [3.63, 3.8) is 0 Å². The second kappa shape index (κ2) is 6.24. The van der Waals surface area contributed by atoms with E-state index in [2.05, 4.69) is 11.0 Å². The summed E-state index contributed by atoms with van der Waals surface area (Å²) in [6.45, 7) is 6.22. The molecule has 0 aliphatic rings. The van der Waals surface area contributed by atoms with Crippen molar-refractivity contribution in [2.24, 2.45) is 4.40 Å². The van der Waals surface area contributed by atoms with E-state index < -0.39 is 10.0 Å². The number of sulfonamides is 1. The lowest BCUT2D eigenvalue weighted by atomic mass is 10.2. The maximum atomic E-state index is 12.5. The number of aryl methyl sites for hydroxylation is 1. The molecule has 4 nitrogen and oxygen atoms in total. The Morgan fingerprint density at radius 1 is 1.30 bits per heavy atom. The third-order valence-electron chi connectivity index (χ3n) is 3.15. The lowest BCUT2D eigenvalue weighted by molar-refractivity contribution is 0.598. The number of halogens is 1. The van der Waals surface area contributed by atoms with Crippen LogP contribution in [0.25, 0.3) is 10.2 Å². The summed E-state index contributed by atoms with van der Waals surface area (Å²) in [6.07, 6.45) is 1.72. The van der Waals surface area contributed by atoms with Gasteiger partial charge in [-0.05, 0) is 36.8 Å². The molecule has 0 radical (unpaired) electrons. The molecule has 0 atom stereocenters. The van der Waals surface area contributed by atoms with Gasteiger partial charge in [-0.2, -0.15) is 8.42 Å². The van der Waals surface area contributed by atoms with Gasteiger partial charge in [-0.1, -0.05) is 35.1 Å². The van der Waals surface area contributed by atoms with Crippen LogP contribution in [0.2, 0.25) is 4.34 Å². The van der Waals surface area contributed by atoms with E-state index in [-0.39, 0.29) is 4.21 Å². The summed E-state index contributed by atoms with van der Waals surface area (Å²) >= 11 is 8.18. The first-order valence-electron chi connectivity index (χ1n) is 6.68. The molecule has 0 fully saturated rings. The van der Waals surface area contributed by atoms with E-state index >= 15 is 0 Å². The molecule has 2 heterocycles. The number of allylic oxidation sites excluding steroid dienone is 1. The second-order valence-corrected chi connectivity index (χ2v) is 9.44. The predicted molar refractivity (Wildman–Crippen MR) is 96.8 cm³/mol. The number of thiophene rings is 1. The van der Waals surface area contributed by atoms with Crippen LogP contribution in [0, 0.1) is 6.92 Å². The number of thiazole rings is 1. The van der Waals surface area contributed by atoms with Crippen molar-refractivity contribution < 1.29 is 8.42 Å². The summed E-state index contributed by atoms with van der Waals surface area (Å²) in [5.74, 6) is 0. The highest BCUT2D eigenvalue weighted by atomic mass is 35.5. The zero-order valence-electron chi connectivity index (χ0n) is 12.2. The van der Waals surface area contributed by atoms with E-state index in [0.29, 0.717) is 15.7 Å². The SMILES string of the molecule is C=CCn1/c(=N/S(=O)(=O)c2ccc(Cl)s2)sc2cc(C)ccc21. The number of rotatable bonds is 4. The molecular weight excluding hydrogens is 372 g/mol. The minimum atomic E-state index is -3.78. The van der Waals surface area contributed by atoms with Gasteiger partial charge in [0.1, 0.15) is 4.21 Å². The van der Waals surface area contributed by atoms with Gasteiger partial charge >= 0.3 is 0 Å². The van der Waals surface area contributed by atoms with E-state index in [1.165, 1.54) is 17.4 Å². The molecule has 3 aromatic rings. The Bertz CT molecular complexity index is 1060. The quantitative estimate of drug-likeness (QED) is 0.633. The van der Waals surface area contributed by atoms with Crippen LogP contribution < -0.4 is 4.80 Å². The molecular formula is C15H13ClN2O2S3. The molecule has 23 heavy (non-hydrogen) atoms. The van der Waals surface area contributed by atoms with Crippen molar-refractivity contribution in [3.8, 4) is 0 Å². The van der Waals surface area contributed by atoms with Gasteiger partial charge in [-0.15, -0.1) is 22.3 Å². The van der Waals surface area contributed by atoms with Gasteiger partial charge in [0.2, 0.25) is 4.80 Å². The fraction of sp³-hybridized carbons (Fsp3) is 0.133. The Hall–Kier alpha value is -1.41. The van der Waals surface area contributed by atoms with Crippen molar-refractivity contribution in [3.05, 3.63) is 57.7 Å². The zero-order valence-corrected chi connectivity index (χ0v) is 15.4. The summed E-state index contributed by atoms with van der Waals surface area (Å²) in [7, 11) is -3.78. The monoisotopic (exact) mass is 384 g/mol. The summed E-state index contributed by atoms with van der Waals surface area (Å²) in [4.78, 5) is 0.426. The minimum absolute atomic E-state index is 0.140. The smallest absolute Gasteiger partial charge is 0.294 e. The number of fused-ring (bicyclic) bond motifs is 1. The summed E-state index contributed by atoms with van der Waals surface area (Å²) in [5, 5.41) is 0. The normalized spacial score (nSPS) is 12.9. The number of aromatic nitrogens is 1. The lowest BCUT2D eigenvalue weighted by Gasteiger charge is -2.01. The molecule has 0 N–H and O–H groups in total. The first-order valence-corrected chi connectivity index (χ1v) is 10.1. The van der Waals surface area contributed by atoms with E-state index in [0.717, 1.165) is 27.1 Å². The Morgan fingerprint density at radius 3 is 2.74 bits per heavy atom. The third-order valence-corrected chi connectivity index (χ3v) is 7.27. The highest BCUT2D eigenvalue weighted by molar-refractivity contribution is 7.92. The van der Waals surface area contributed by atoms with Crippen molar-refractivity contribution in [1.29, 1.82) is 0 Å². The van der Waals surface area contributed by atoms with Crippen LogP contribution in [0.5, 0.6) is 0 Å². The number of nitrogens with zero attached hydrogens (tertiary/aromatic N) is 2. The van der Waals surface area contributed by atoms with Crippen molar-refractivity contribution in [2.45, 2.75) is 17.7 Å². The van der Waals surface area contributed by atoms with Crippen LogP contribution in [-0.4, -0.2) is 13.0 Å². The maximum Gasteiger partial charge on any atom is 0.294 e. The number of benzene rings is 1. The first kappa shape index (κ1) is 16.4. The molecule has 120 valence electrons. The highest BCUT2D eigenvalue weighted by Crippen LogP contribution is 2.27. The molecule has 1 aromatic carbocycles. The van der Waals surface area contributed by atoms with Gasteiger partial charge in [0.25, 0.3) is 10.0 Å². The molecule has 0 aliphatic heterocycles. The van der Waals surface area contributed by atoms with Crippen LogP contribution in [-0.2, 0) is 16.6 Å². The molecule has 3 rings (SSSR count). The van der Waals surface area contributed by atoms with Crippen molar-refractivity contribution >= 4 is 54.5 Å². The molecule has 0 bridgehead atoms. The zero-order chi connectivity index (χ0) is 16.6. The van der Waals surface area contributed by atoms with Crippen molar-refractivity contribution in [2.75, 3.05) is 0 Å². The fourth-order valence-corrected chi connectivity index (χ4v) is 5.94. The van der Waals surface area contributed by atoms with Crippen LogP contribution in [0.3, 0.4) is 0 Å². The second-order valence-electron chi connectivity index (χ2n) is 4.88. The Balaban J connectivity index is 2.26. The Labute approximate surface area is 147 Å². The third kappa shape index (κ3) is 3.28. The van der Waals surface area contributed by atoms with E-state index in [1.807, 2.05) is 29.7 Å². The van der Waals surface area contributed by atoms with Gasteiger partial charge in [-0.25, -0.2) is 0 Å². The molecule has 0 aliphatic carbocycles. The highest BCUT2D eigenvalue weighted by Gasteiger charge is 2.17. The van der Waals surface area contributed by atoms with Gasteiger partial charge in [0.15, 0.2) is 0 Å². The van der Waals surface area contributed by atoms with Crippen molar-refractivity contribution in [1.82, 2.24) is 4.57 Å². The Kier molecular flexibility index (Phi) is 4.46. The first-order chi connectivity index (χ1) is 10.9. The molecule has 0 saturated heterocycles. The summed E-state index contributed by atoms with van der Waals surface area (Å²) < 4.78 is 32.4. The van der Waals surface area contributed by atoms with Gasteiger partial charge in [-0.3, -0.25) is 0 Å². The van der Waals surface area contributed by atoms with Gasteiger partial charge in [0.05, 0.1) is 14.6 Å². The maximum absolute atomic E-state index is 12.5. The van der Waals surface area contributed by atoms with Crippen LogP contribution in [0.1, 0.15) is 5.56 Å². The van der Waals surface area contributed by atoms with Crippen LogP contribution >= 0.6 is 34.3 Å². The average Bonchev–Trinajstić information content (AvgIpc) is 3.04. The number of hydrogen-bond donors (Lipinski definition) is 0. The van der Waals surface area contributed by atoms with E-state index in [1.54, 1.807) is 12.1 Å². The average molecular weight is 385 g/mol. The largest absolute Gasteiger partial charge is 0.312 e. The summed E-state index contributed by atoms with van der Waals surface area (Å²) in [6, 6.07) is 9.01. The topological polar surface area (TPSA) is 51.4 Å². The Morgan fingerprint density at radius 2 is 2.09 bits per heavy atom. The number of hydrogen-bond acceptors (Lipinski definition) is 4. The fourth-order valence-electron chi connectivity index (χ4n) is 2.14.